The third-order valence-electron chi connectivity index (χ3n) is 6.33. The molecule has 0 radical (unpaired) electrons. The summed E-state index contributed by atoms with van der Waals surface area (Å²) in [5.74, 6) is 0.664. The minimum atomic E-state index is -3.65. The minimum Gasteiger partial charge on any atom is -0.376 e. The number of amides is 2. The maximum Gasteiger partial charge on any atom is 0.243 e. The number of thioether (sulfide) groups is 1. The van der Waals surface area contributed by atoms with Crippen LogP contribution >= 0.6 is 11.8 Å². The van der Waals surface area contributed by atoms with E-state index in [1.165, 1.54) is 21.0 Å². The van der Waals surface area contributed by atoms with E-state index in [1.807, 2.05) is 0 Å². The average Bonchev–Trinajstić information content (AvgIpc) is 3.25. The summed E-state index contributed by atoms with van der Waals surface area (Å²) in [5, 5.41) is 2.85. The molecule has 3 aliphatic heterocycles. The van der Waals surface area contributed by atoms with Crippen LogP contribution < -0.4 is 10.2 Å². The molecule has 3 aliphatic rings. The summed E-state index contributed by atoms with van der Waals surface area (Å²) in [4.78, 5) is 27.8. The molecule has 10 heteroatoms. The summed E-state index contributed by atoms with van der Waals surface area (Å²) in [6.07, 6.45) is 3.91. The van der Waals surface area contributed by atoms with Crippen molar-refractivity contribution in [2.24, 2.45) is 5.92 Å². The van der Waals surface area contributed by atoms with E-state index in [0.717, 1.165) is 30.6 Å². The van der Waals surface area contributed by atoms with E-state index in [2.05, 4.69) is 12.2 Å². The first-order valence-electron chi connectivity index (χ1n) is 11.3. The van der Waals surface area contributed by atoms with Gasteiger partial charge in [-0.3, -0.25) is 9.59 Å². The second-order valence-corrected chi connectivity index (χ2v) is 11.8. The zero-order valence-electron chi connectivity index (χ0n) is 18.4. The van der Waals surface area contributed by atoms with Crippen LogP contribution in [0, 0.1) is 5.92 Å². The van der Waals surface area contributed by atoms with E-state index in [-0.39, 0.29) is 29.4 Å². The molecule has 32 heavy (non-hydrogen) atoms. The molecule has 3 heterocycles. The van der Waals surface area contributed by atoms with Crippen LogP contribution in [0.4, 0.5) is 5.69 Å². The quantitative estimate of drug-likeness (QED) is 0.670. The number of carbonyl (C=O) groups excluding carboxylic acids is 2. The number of nitrogens with one attached hydrogen (secondary N) is 1. The maximum atomic E-state index is 13.2. The Morgan fingerprint density at radius 2 is 2.03 bits per heavy atom. The summed E-state index contributed by atoms with van der Waals surface area (Å²) in [7, 11) is -3.65. The Bertz CT molecular complexity index is 954. The van der Waals surface area contributed by atoms with Crippen molar-refractivity contribution in [3.8, 4) is 0 Å². The van der Waals surface area contributed by atoms with Gasteiger partial charge in [0.25, 0.3) is 0 Å². The third-order valence-corrected chi connectivity index (χ3v) is 9.29. The van der Waals surface area contributed by atoms with Crippen LogP contribution in [0.3, 0.4) is 0 Å². The number of anilines is 1. The molecule has 1 N–H and O–H groups in total. The smallest absolute Gasteiger partial charge is 0.243 e. The highest BCUT2D eigenvalue weighted by Gasteiger charge is 2.31. The highest BCUT2D eigenvalue weighted by molar-refractivity contribution is 7.99. The van der Waals surface area contributed by atoms with Gasteiger partial charge in [0.15, 0.2) is 0 Å². The number of fused-ring (bicyclic) bond motifs is 1. The molecule has 0 saturated carbocycles. The number of piperidine rings is 1. The lowest BCUT2D eigenvalue weighted by molar-refractivity contribution is -0.124. The first-order chi connectivity index (χ1) is 15.3. The lowest BCUT2D eigenvalue weighted by atomic mass is 10.0. The lowest BCUT2D eigenvalue weighted by Crippen LogP contribution is -2.43. The largest absolute Gasteiger partial charge is 0.376 e. The lowest BCUT2D eigenvalue weighted by Gasteiger charge is -2.30. The number of sulfonamides is 1. The molecular weight excluding hydrogens is 450 g/mol. The van der Waals surface area contributed by atoms with Crippen molar-refractivity contribution in [1.29, 1.82) is 0 Å². The van der Waals surface area contributed by atoms with Crippen molar-refractivity contribution in [3.63, 3.8) is 0 Å². The van der Waals surface area contributed by atoms with E-state index in [4.69, 9.17) is 4.74 Å². The van der Waals surface area contributed by atoms with Gasteiger partial charge in [0.2, 0.25) is 21.8 Å². The first kappa shape index (κ1) is 23.5. The molecule has 0 unspecified atom stereocenters. The molecule has 1 aromatic rings. The van der Waals surface area contributed by atoms with Gasteiger partial charge in [-0.2, -0.15) is 4.31 Å². The van der Waals surface area contributed by atoms with Crippen molar-refractivity contribution < 1.29 is 22.7 Å². The van der Waals surface area contributed by atoms with Gasteiger partial charge < -0.3 is 15.0 Å². The van der Waals surface area contributed by atoms with Gasteiger partial charge in [0.1, 0.15) is 6.54 Å². The van der Waals surface area contributed by atoms with Crippen molar-refractivity contribution in [1.82, 2.24) is 9.62 Å². The molecular formula is C22H31N3O5S2. The van der Waals surface area contributed by atoms with Crippen LogP contribution in [0.5, 0.6) is 0 Å². The average molecular weight is 482 g/mol. The Hall–Kier alpha value is -1.62. The monoisotopic (exact) mass is 481 g/mol. The van der Waals surface area contributed by atoms with E-state index < -0.39 is 10.0 Å². The zero-order chi connectivity index (χ0) is 22.7. The molecule has 4 rings (SSSR count). The molecule has 176 valence electrons. The van der Waals surface area contributed by atoms with Gasteiger partial charge in [-0.05, 0) is 49.8 Å². The standard InChI is InChI=1S/C22H31N3O5S2/c1-16-6-9-24(10-7-16)32(28,29)18-4-5-20-19(13-18)25(22(27)8-12-31-20)15-21(26)23-14-17-3-2-11-30-17/h4-5,13,16-17H,2-3,6-12,14-15H2,1H3,(H,23,26)/t17-/m0/s1. The predicted octanol–water partition coefficient (Wildman–Crippen LogP) is 2.23. The van der Waals surface area contributed by atoms with Crippen LogP contribution in [-0.2, 0) is 24.3 Å². The van der Waals surface area contributed by atoms with Crippen molar-refractivity contribution >= 4 is 39.3 Å². The number of hydrogen-bond acceptors (Lipinski definition) is 6. The Morgan fingerprint density at radius 1 is 1.25 bits per heavy atom. The van der Waals surface area contributed by atoms with E-state index in [9.17, 15) is 18.0 Å². The SMILES string of the molecule is CC1CCN(S(=O)(=O)c2ccc3c(c2)N(CC(=O)NC[C@@H]2CCCO2)C(=O)CCS3)CC1. The van der Waals surface area contributed by atoms with Crippen molar-refractivity contribution in [2.45, 2.75) is 54.9 Å². The topological polar surface area (TPSA) is 96.0 Å². The van der Waals surface area contributed by atoms with Crippen molar-refractivity contribution in [2.75, 3.05) is 43.4 Å². The Balaban J connectivity index is 1.54. The summed E-state index contributed by atoms with van der Waals surface area (Å²) < 4.78 is 33.6. The van der Waals surface area contributed by atoms with Gasteiger partial charge in [0, 0.05) is 43.3 Å². The zero-order valence-corrected chi connectivity index (χ0v) is 20.1. The summed E-state index contributed by atoms with van der Waals surface area (Å²) in [6, 6.07) is 4.94. The number of rotatable bonds is 6. The molecule has 2 saturated heterocycles. The van der Waals surface area contributed by atoms with E-state index in [0.29, 0.717) is 50.0 Å². The molecule has 0 spiro atoms. The molecule has 1 atom stereocenters. The fraction of sp³-hybridized carbons (Fsp3) is 0.636. The number of benzene rings is 1. The molecule has 0 aromatic heterocycles. The highest BCUT2D eigenvalue weighted by atomic mass is 32.2. The number of carbonyl (C=O) groups is 2. The fourth-order valence-electron chi connectivity index (χ4n) is 4.29. The Labute approximate surface area is 194 Å². The Kier molecular flexibility index (Phi) is 7.44. The second-order valence-electron chi connectivity index (χ2n) is 8.73. The summed E-state index contributed by atoms with van der Waals surface area (Å²) >= 11 is 1.51. The van der Waals surface area contributed by atoms with Crippen LogP contribution in [0.15, 0.2) is 28.0 Å². The van der Waals surface area contributed by atoms with Crippen LogP contribution in [-0.4, -0.2) is 69.2 Å². The van der Waals surface area contributed by atoms with Crippen LogP contribution in [0.2, 0.25) is 0 Å². The van der Waals surface area contributed by atoms with E-state index in [1.54, 1.807) is 18.2 Å². The van der Waals surface area contributed by atoms with E-state index >= 15 is 0 Å². The molecule has 2 fully saturated rings. The number of ether oxygens (including phenoxy) is 1. The van der Waals surface area contributed by atoms with Gasteiger partial charge in [-0.25, -0.2) is 8.42 Å². The summed E-state index contributed by atoms with van der Waals surface area (Å²) in [5.41, 5.74) is 0.496. The van der Waals surface area contributed by atoms with Crippen LogP contribution in [0.25, 0.3) is 0 Å². The van der Waals surface area contributed by atoms with Gasteiger partial charge >= 0.3 is 0 Å². The molecule has 2 amide bonds. The van der Waals surface area contributed by atoms with Crippen LogP contribution in [0.1, 0.15) is 39.0 Å². The molecule has 0 bridgehead atoms. The minimum absolute atomic E-state index is 0.0191. The normalized spacial score (nSPS) is 23.1. The maximum absolute atomic E-state index is 13.2. The number of hydrogen-bond donors (Lipinski definition) is 1. The Morgan fingerprint density at radius 3 is 2.75 bits per heavy atom. The van der Waals surface area contributed by atoms with Crippen molar-refractivity contribution in [3.05, 3.63) is 18.2 Å². The van der Waals surface area contributed by atoms with Gasteiger partial charge in [0.05, 0.1) is 16.7 Å². The second kappa shape index (κ2) is 10.1. The molecule has 8 nitrogen and oxygen atoms in total. The molecule has 1 aromatic carbocycles. The predicted molar refractivity (Wildman–Crippen MR) is 123 cm³/mol. The van der Waals surface area contributed by atoms with Gasteiger partial charge in [-0.1, -0.05) is 6.92 Å². The first-order valence-corrected chi connectivity index (χ1v) is 13.7. The fourth-order valence-corrected chi connectivity index (χ4v) is 6.76. The number of nitrogens with zero attached hydrogens (tertiary/aromatic N) is 2. The third kappa shape index (κ3) is 5.30. The van der Waals surface area contributed by atoms with Gasteiger partial charge in [-0.15, -0.1) is 11.8 Å². The highest BCUT2D eigenvalue weighted by Crippen LogP contribution is 2.37. The summed E-state index contributed by atoms with van der Waals surface area (Å²) in [6.45, 7) is 4.14. The molecule has 0 aliphatic carbocycles.